The van der Waals surface area contributed by atoms with Crippen molar-refractivity contribution in [3.8, 4) is 16.8 Å². The molecular weight excluding hydrogens is 709 g/mol. The Kier molecular flexibility index (Phi) is 8.55. The molecule has 4 aromatic rings. The third kappa shape index (κ3) is 6.35. The number of amides is 2. The van der Waals surface area contributed by atoms with Crippen LogP contribution in [0.25, 0.3) is 16.8 Å². The zero-order chi connectivity index (χ0) is 37.2. The minimum Gasteiger partial charge on any atom is -0.447 e. The lowest BCUT2D eigenvalue weighted by Gasteiger charge is -2.35. The highest BCUT2D eigenvalue weighted by Crippen LogP contribution is 2.49. The highest BCUT2D eigenvalue weighted by Gasteiger charge is 2.65. The Hall–Kier alpha value is -5.05. The quantitative estimate of drug-likeness (QED) is 0.155. The number of guanidine groups is 1. The maximum atomic E-state index is 16.3. The van der Waals surface area contributed by atoms with E-state index in [1.54, 1.807) is 42.5 Å². The number of hydrogen-bond donors (Lipinski definition) is 2. The van der Waals surface area contributed by atoms with Crippen LogP contribution in [0.3, 0.4) is 0 Å². The molecule has 10 nitrogen and oxygen atoms in total. The predicted molar refractivity (Wildman–Crippen MR) is 180 cm³/mol. The van der Waals surface area contributed by atoms with E-state index in [9.17, 15) is 22.4 Å². The lowest BCUT2D eigenvalue weighted by atomic mass is 9.75. The third-order valence-corrected chi connectivity index (χ3v) is 9.73. The first-order valence-electron chi connectivity index (χ1n) is 16.4. The number of carbonyl (C=O) groups is 2. The molecule has 3 aliphatic rings. The number of alkyl carbamates (subject to hydrolysis) is 1. The number of aliphatic imine (C=N–C) groups is 1. The number of rotatable bonds is 6. The molecule has 1 aliphatic carbocycles. The summed E-state index contributed by atoms with van der Waals surface area (Å²) in [6.45, 7) is 5.14. The number of benzene rings is 3. The number of nitrogens with zero attached hydrogens (tertiary/aromatic N) is 5. The molecule has 1 aromatic heterocycles. The van der Waals surface area contributed by atoms with E-state index in [0.717, 1.165) is 22.1 Å². The van der Waals surface area contributed by atoms with Gasteiger partial charge in [-0.05, 0) is 71.2 Å². The molecule has 3 heterocycles. The van der Waals surface area contributed by atoms with Crippen LogP contribution in [0.15, 0.2) is 78.0 Å². The van der Waals surface area contributed by atoms with Crippen LogP contribution >= 0.6 is 11.6 Å². The number of nitrogens with one attached hydrogen (secondary N) is 2. The van der Waals surface area contributed by atoms with Crippen molar-refractivity contribution in [1.29, 1.82) is 0 Å². The molecule has 1 unspecified atom stereocenters. The fraction of sp³-hybridized carbons (Fsp3) is 0.361. The first kappa shape index (κ1) is 35.4. The number of ether oxygens (including phenoxy) is 1. The number of aromatic nitrogens is 3. The Morgan fingerprint density at radius 1 is 1.04 bits per heavy atom. The Balaban J connectivity index is 1.34. The van der Waals surface area contributed by atoms with Gasteiger partial charge in [-0.2, -0.15) is 18.3 Å². The molecular formula is C36H33ClF5N7O3. The van der Waals surface area contributed by atoms with Crippen LogP contribution in [0, 0.1) is 11.2 Å². The van der Waals surface area contributed by atoms with Crippen LogP contribution < -0.4 is 10.6 Å². The maximum absolute atomic E-state index is 16.3. The van der Waals surface area contributed by atoms with Crippen LogP contribution in [0.2, 0.25) is 5.02 Å². The minimum atomic E-state index is -4.69. The Morgan fingerprint density at radius 2 is 1.69 bits per heavy atom. The molecule has 0 spiro atoms. The number of carbonyl (C=O) groups excluding carboxylic acids is 2. The molecule has 2 fully saturated rings. The molecule has 7 rings (SSSR count). The van der Waals surface area contributed by atoms with Gasteiger partial charge in [-0.1, -0.05) is 74.8 Å². The summed E-state index contributed by atoms with van der Waals surface area (Å²) in [5.74, 6) is -1.42. The SMILES string of the molecule is CC(C)(C)C[C@]1(c2ccc(-c3ccc(F)cc3)cc2)NC2=NC(F)c3ncnn3-c3cc(ccc3Cl)[C@@H](COC(=O)NC3(C(F)(F)F)CC3)N2C1=O. The van der Waals surface area contributed by atoms with Crippen molar-refractivity contribution in [1.82, 2.24) is 30.3 Å². The van der Waals surface area contributed by atoms with Crippen molar-refractivity contribution < 1.29 is 36.3 Å². The number of halogens is 6. The van der Waals surface area contributed by atoms with Gasteiger partial charge in [0.05, 0.1) is 16.8 Å². The van der Waals surface area contributed by atoms with E-state index in [1.807, 2.05) is 26.1 Å². The standard InChI is InChI=1S/C36H33ClF5N7O3/c1-33(2,3)18-35(23-9-4-20(5-10-23)21-6-11-24(38)12-7-21)30(50)48-27(17-52-32(51)47-34(14-15-34)36(40,41)42)22-8-13-25(37)26(16-22)49-29(43-19-44-49)28(39)45-31(48)46-35/h4-13,16,19,27-28H,14-15,17-18H2,1-3H3,(H,45,46)(H,47,51)/t27-,28?,35-/m1/s1. The van der Waals surface area contributed by atoms with Gasteiger partial charge in [-0.25, -0.2) is 28.2 Å². The molecule has 3 atom stereocenters. The van der Waals surface area contributed by atoms with Gasteiger partial charge >= 0.3 is 12.3 Å². The molecule has 272 valence electrons. The first-order valence-corrected chi connectivity index (χ1v) is 16.8. The molecule has 1 saturated carbocycles. The van der Waals surface area contributed by atoms with E-state index >= 15 is 9.18 Å². The molecule has 2 aliphatic heterocycles. The van der Waals surface area contributed by atoms with E-state index in [4.69, 9.17) is 16.3 Å². The molecule has 2 bridgehead atoms. The smallest absolute Gasteiger partial charge is 0.411 e. The van der Waals surface area contributed by atoms with Gasteiger partial charge in [0.1, 0.15) is 29.8 Å². The summed E-state index contributed by atoms with van der Waals surface area (Å²) in [6.07, 6.45) is -7.49. The van der Waals surface area contributed by atoms with E-state index < -0.39 is 53.6 Å². The minimum absolute atomic E-state index is 0.153. The zero-order valence-corrected chi connectivity index (χ0v) is 28.9. The van der Waals surface area contributed by atoms with Gasteiger partial charge in [0.25, 0.3) is 12.2 Å². The summed E-state index contributed by atoms with van der Waals surface area (Å²) in [7, 11) is 0. The third-order valence-electron chi connectivity index (χ3n) is 9.41. The average Bonchev–Trinajstić information content (AvgIpc) is 3.62. The number of hydrogen-bond acceptors (Lipinski definition) is 7. The number of fused-ring (bicyclic) bond motifs is 5. The Morgan fingerprint density at radius 3 is 2.31 bits per heavy atom. The average molecular weight is 742 g/mol. The second-order valence-electron chi connectivity index (χ2n) is 14.4. The maximum Gasteiger partial charge on any atom is 0.411 e. The van der Waals surface area contributed by atoms with Crippen LogP contribution in [-0.4, -0.2) is 55.9 Å². The Bertz CT molecular complexity index is 2060. The van der Waals surface area contributed by atoms with E-state index in [1.165, 1.54) is 29.2 Å². The van der Waals surface area contributed by atoms with Crippen molar-refractivity contribution in [3.63, 3.8) is 0 Å². The van der Waals surface area contributed by atoms with Crippen LogP contribution in [0.5, 0.6) is 0 Å². The largest absolute Gasteiger partial charge is 0.447 e. The highest BCUT2D eigenvalue weighted by molar-refractivity contribution is 6.32. The fourth-order valence-electron chi connectivity index (χ4n) is 6.77. The second-order valence-corrected chi connectivity index (χ2v) is 14.8. The second kappa shape index (κ2) is 12.6. The summed E-state index contributed by atoms with van der Waals surface area (Å²) in [6, 6.07) is 16.3. The van der Waals surface area contributed by atoms with Crippen molar-refractivity contribution in [3.05, 3.63) is 101 Å². The summed E-state index contributed by atoms with van der Waals surface area (Å²) >= 11 is 6.52. The summed E-state index contributed by atoms with van der Waals surface area (Å²) in [5, 5.41) is 9.44. The molecule has 16 heteroatoms. The molecule has 52 heavy (non-hydrogen) atoms. The lowest BCUT2D eigenvalue weighted by molar-refractivity contribution is -0.164. The van der Waals surface area contributed by atoms with E-state index in [-0.39, 0.29) is 47.6 Å². The van der Waals surface area contributed by atoms with Crippen molar-refractivity contribution in [2.24, 2.45) is 10.4 Å². The van der Waals surface area contributed by atoms with Crippen LogP contribution in [0.1, 0.15) is 69.3 Å². The molecule has 0 radical (unpaired) electrons. The van der Waals surface area contributed by atoms with Crippen LogP contribution in [0.4, 0.5) is 26.7 Å². The van der Waals surface area contributed by atoms with Crippen molar-refractivity contribution in [2.75, 3.05) is 6.61 Å². The lowest BCUT2D eigenvalue weighted by Crippen LogP contribution is -2.49. The van der Waals surface area contributed by atoms with Gasteiger partial charge in [0.15, 0.2) is 5.82 Å². The first-order chi connectivity index (χ1) is 24.5. The van der Waals surface area contributed by atoms with Crippen molar-refractivity contribution >= 4 is 29.6 Å². The topological polar surface area (TPSA) is 114 Å². The molecule has 2 amide bonds. The monoisotopic (exact) mass is 741 g/mol. The fourth-order valence-corrected chi connectivity index (χ4v) is 6.96. The molecule has 2 N–H and O–H groups in total. The van der Waals surface area contributed by atoms with Gasteiger partial charge in [0.2, 0.25) is 5.96 Å². The number of alkyl halides is 4. The summed E-state index contributed by atoms with van der Waals surface area (Å²) in [4.78, 5) is 37.6. The highest BCUT2D eigenvalue weighted by atomic mass is 35.5. The molecule has 1 saturated heterocycles. The van der Waals surface area contributed by atoms with Gasteiger partial charge < -0.3 is 15.4 Å². The van der Waals surface area contributed by atoms with Crippen molar-refractivity contribution in [2.45, 2.75) is 69.6 Å². The van der Waals surface area contributed by atoms with Gasteiger partial charge in [0, 0.05) is 0 Å². The van der Waals surface area contributed by atoms with Gasteiger partial charge in [-0.15, -0.1) is 0 Å². The normalized spacial score (nSPS) is 22.1. The predicted octanol–water partition coefficient (Wildman–Crippen LogP) is 7.69. The summed E-state index contributed by atoms with van der Waals surface area (Å²) < 4.78 is 77.5. The van der Waals surface area contributed by atoms with Gasteiger partial charge in [-0.3, -0.25) is 9.69 Å². The zero-order valence-electron chi connectivity index (χ0n) is 28.1. The van der Waals surface area contributed by atoms with Crippen LogP contribution in [-0.2, 0) is 15.1 Å². The Labute approximate surface area is 300 Å². The van der Waals surface area contributed by atoms with E-state index in [0.29, 0.717) is 11.1 Å². The van der Waals surface area contributed by atoms with E-state index in [2.05, 4.69) is 20.4 Å². The summed E-state index contributed by atoms with van der Waals surface area (Å²) in [5.41, 5.74) is -1.95. The molecule has 3 aromatic carbocycles.